The monoisotopic (exact) mass is 532 g/mol. The molecule has 0 aliphatic carbocycles. The van der Waals surface area contributed by atoms with Gasteiger partial charge < -0.3 is 30.5 Å². The summed E-state index contributed by atoms with van der Waals surface area (Å²) in [5, 5.41) is 4.64. The second-order valence-corrected chi connectivity index (χ2v) is 8.47. The lowest BCUT2D eigenvalue weighted by molar-refractivity contribution is -0.106. The third-order valence-electron chi connectivity index (χ3n) is 5.31. The van der Waals surface area contributed by atoms with Gasteiger partial charge in [-0.1, -0.05) is 24.6 Å². The second kappa shape index (κ2) is 18.1. The number of piperidine rings is 1. The SMILES string of the molecule is C=CCNC.CC=O.CCc1nc(/C(N)=C(\COc2cc(Cl)ncn2)N(C)N)ccc1N1CCCCC1. The number of hydrazine groups is 1. The zero-order valence-electron chi connectivity index (χ0n) is 22.4. The first-order valence-electron chi connectivity index (χ1n) is 12.3. The summed E-state index contributed by atoms with van der Waals surface area (Å²) in [6.07, 6.45) is 8.48. The molecule has 1 fully saturated rings. The zero-order valence-corrected chi connectivity index (χ0v) is 23.2. The lowest BCUT2D eigenvalue weighted by Gasteiger charge is -2.30. The van der Waals surface area contributed by atoms with Gasteiger partial charge in [-0.25, -0.2) is 20.8 Å². The molecule has 37 heavy (non-hydrogen) atoms. The van der Waals surface area contributed by atoms with E-state index in [0.29, 0.717) is 28.1 Å². The molecule has 3 rings (SSSR count). The highest BCUT2D eigenvalue weighted by atomic mass is 35.5. The van der Waals surface area contributed by atoms with Gasteiger partial charge in [-0.05, 0) is 51.8 Å². The number of nitrogens with two attached hydrogens (primary N) is 2. The van der Waals surface area contributed by atoms with Gasteiger partial charge in [-0.3, -0.25) is 0 Å². The van der Waals surface area contributed by atoms with Crippen molar-refractivity contribution in [2.24, 2.45) is 11.6 Å². The molecule has 2 aromatic rings. The Labute approximate surface area is 225 Å². The summed E-state index contributed by atoms with van der Waals surface area (Å²) in [6.45, 7) is 10.2. The lowest BCUT2D eigenvalue weighted by atomic mass is 10.1. The van der Waals surface area contributed by atoms with E-state index in [1.54, 1.807) is 7.05 Å². The van der Waals surface area contributed by atoms with Gasteiger partial charge in [-0.15, -0.1) is 6.58 Å². The molecule has 204 valence electrons. The van der Waals surface area contributed by atoms with E-state index >= 15 is 0 Å². The molecule has 0 radical (unpaired) electrons. The van der Waals surface area contributed by atoms with Gasteiger partial charge in [0.2, 0.25) is 5.88 Å². The number of aromatic nitrogens is 3. The molecule has 11 heteroatoms. The molecular formula is C26H41ClN8O2. The van der Waals surface area contributed by atoms with Crippen LogP contribution in [-0.4, -0.2) is 66.6 Å². The van der Waals surface area contributed by atoms with Crippen LogP contribution < -0.4 is 26.5 Å². The van der Waals surface area contributed by atoms with Gasteiger partial charge in [0.15, 0.2) is 0 Å². The highest BCUT2D eigenvalue weighted by Gasteiger charge is 2.18. The van der Waals surface area contributed by atoms with Gasteiger partial charge in [0, 0.05) is 32.7 Å². The van der Waals surface area contributed by atoms with Crippen molar-refractivity contribution in [2.45, 2.75) is 39.5 Å². The van der Waals surface area contributed by atoms with Crippen molar-refractivity contribution in [3.63, 3.8) is 0 Å². The molecule has 1 saturated heterocycles. The van der Waals surface area contributed by atoms with E-state index < -0.39 is 0 Å². The highest BCUT2D eigenvalue weighted by Crippen LogP contribution is 2.26. The highest BCUT2D eigenvalue weighted by molar-refractivity contribution is 6.29. The van der Waals surface area contributed by atoms with Crippen molar-refractivity contribution in [1.82, 2.24) is 25.3 Å². The molecule has 10 nitrogen and oxygen atoms in total. The summed E-state index contributed by atoms with van der Waals surface area (Å²) in [4.78, 5) is 23.9. The molecule has 0 bridgehead atoms. The average Bonchev–Trinajstić information content (AvgIpc) is 2.90. The quantitative estimate of drug-likeness (QED) is 0.145. The maximum Gasteiger partial charge on any atom is 0.218 e. The Balaban J connectivity index is 0.000000751. The summed E-state index contributed by atoms with van der Waals surface area (Å²) < 4.78 is 5.70. The van der Waals surface area contributed by atoms with Gasteiger partial charge in [-0.2, -0.15) is 0 Å². The molecule has 0 saturated carbocycles. The Kier molecular flexibility index (Phi) is 15.6. The van der Waals surface area contributed by atoms with E-state index in [1.165, 1.54) is 49.3 Å². The number of likely N-dealkylation sites (N-methyl/N-ethyl adjacent to an activating group) is 2. The molecule has 0 atom stereocenters. The first-order chi connectivity index (χ1) is 17.8. The minimum absolute atomic E-state index is 0.128. The van der Waals surface area contributed by atoms with Crippen LogP contribution in [0.25, 0.3) is 5.70 Å². The average molecular weight is 533 g/mol. The topological polar surface area (TPSA) is 136 Å². The largest absolute Gasteiger partial charge is 0.471 e. The van der Waals surface area contributed by atoms with Crippen molar-refractivity contribution in [3.05, 3.63) is 59.4 Å². The number of anilines is 1. The first kappa shape index (κ1) is 31.8. The van der Waals surface area contributed by atoms with Crippen molar-refractivity contribution < 1.29 is 9.53 Å². The third-order valence-corrected chi connectivity index (χ3v) is 5.51. The van der Waals surface area contributed by atoms with Crippen molar-refractivity contribution in [2.75, 3.05) is 45.2 Å². The fraction of sp³-hybridized carbons (Fsp3) is 0.462. The molecule has 1 aliphatic rings. The summed E-state index contributed by atoms with van der Waals surface area (Å²) in [6, 6.07) is 5.59. The predicted molar refractivity (Wildman–Crippen MR) is 151 cm³/mol. The maximum absolute atomic E-state index is 8.81. The molecule has 5 N–H and O–H groups in total. The normalized spacial score (nSPS) is 13.2. The van der Waals surface area contributed by atoms with E-state index in [4.69, 9.17) is 37.7 Å². The zero-order chi connectivity index (χ0) is 27.6. The smallest absolute Gasteiger partial charge is 0.218 e. The number of pyridine rings is 1. The summed E-state index contributed by atoms with van der Waals surface area (Å²) in [7, 11) is 3.60. The number of ether oxygens (including phenoxy) is 1. The Hall–Kier alpha value is -3.21. The Morgan fingerprint density at radius 2 is 1.97 bits per heavy atom. The number of hydrogen-bond donors (Lipinski definition) is 3. The van der Waals surface area contributed by atoms with Crippen LogP contribution in [0.5, 0.6) is 5.88 Å². The fourth-order valence-corrected chi connectivity index (χ4v) is 3.66. The standard InChI is InChI=1S/C20H28ClN7O.C4H9N.C2H4O/c1-3-14-16(28-9-5-4-6-10-28)8-7-15(26-14)20(22)17(27(2)23)12-29-19-11-18(21)24-13-25-19;1-3-4-5-2;1-2-3/h7-8,11,13H,3-6,9-10,12,22-23H2,1-2H3;3,5H,1,4H2,2H3;2H,1H3/b20-17-;;. The number of carbonyl (C=O) groups excluding carboxylic acids is 1. The molecule has 1 aliphatic heterocycles. The predicted octanol–water partition coefficient (Wildman–Crippen LogP) is 3.19. The van der Waals surface area contributed by atoms with Crippen LogP contribution in [0.2, 0.25) is 5.15 Å². The Morgan fingerprint density at radius 3 is 2.49 bits per heavy atom. The lowest BCUT2D eigenvalue weighted by Crippen LogP contribution is -2.32. The molecule has 0 aromatic carbocycles. The molecule has 0 amide bonds. The number of halogens is 1. The molecule has 2 aromatic heterocycles. The first-order valence-corrected chi connectivity index (χ1v) is 12.7. The van der Waals surface area contributed by atoms with Crippen LogP contribution in [0.4, 0.5) is 5.69 Å². The van der Waals surface area contributed by atoms with Crippen LogP contribution in [-0.2, 0) is 11.2 Å². The number of hydrogen-bond acceptors (Lipinski definition) is 10. The van der Waals surface area contributed by atoms with Gasteiger partial charge in [0.25, 0.3) is 0 Å². The minimum Gasteiger partial charge on any atom is -0.471 e. The summed E-state index contributed by atoms with van der Waals surface area (Å²) in [5.74, 6) is 6.35. The molecular weight excluding hydrogens is 492 g/mol. The second-order valence-electron chi connectivity index (χ2n) is 8.08. The van der Waals surface area contributed by atoms with Gasteiger partial charge in [0.1, 0.15) is 24.4 Å². The van der Waals surface area contributed by atoms with Crippen LogP contribution in [0.3, 0.4) is 0 Å². The fourth-order valence-electron chi connectivity index (χ4n) is 3.53. The number of nitrogens with zero attached hydrogens (tertiary/aromatic N) is 5. The molecule has 0 unspecified atom stereocenters. The maximum atomic E-state index is 8.81. The summed E-state index contributed by atoms with van der Waals surface area (Å²) >= 11 is 5.88. The van der Waals surface area contributed by atoms with Crippen molar-refractivity contribution in [3.8, 4) is 5.88 Å². The van der Waals surface area contributed by atoms with Crippen LogP contribution in [0, 0.1) is 0 Å². The third kappa shape index (κ3) is 11.2. The number of rotatable bonds is 9. The van der Waals surface area contributed by atoms with E-state index in [0.717, 1.165) is 38.0 Å². The van der Waals surface area contributed by atoms with Crippen LogP contribution in [0.1, 0.15) is 44.5 Å². The van der Waals surface area contributed by atoms with E-state index in [2.05, 4.69) is 39.8 Å². The Bertz CT molecular complexity index is 994. The number of carbonyl (C=O) groups is 1. The van der Waals surface area contributed by atoms with E-state index in [9.17, 15) is 0 Å². The number of aryl methyl sites for hydroxylation is 1. The van der Waals surface area contributed by atoms with Crippen molar-refractivity contribution >= 4 is 29.3 Å². The van der Waals surface area contributed by atoms with Gasteiger partial charge in [0.05, 0.1) is 28.5 Å². The molecule has 3 heterocycles. The Morgan fingerprint density at radius 1 is 1.30 bits per heavy atom. The minimum atomic E-state index is 0.128. The van der Waals surface area contributed by atoms with E-state index in [-0.39, 0.29) is 6.61 Å². The van der Waals surface area contributed by atoms with Gasteiger partial charge >= 0.3 is 0 Å². The number of nitrogens with one attached hydrogen (secondary N) is 1. The molecule has 0 spiro atoms. The van der Waals surface area contributed by atoms with E-state index in [1.807, 2.05) is 19.2 Å². The number of aldehydes is 1. The van der Waals surface area contributed by atoms with Crippen LogP contribution in [0.15, 0.2) is 42.9 Å². The van der Waals surface area contributed by atoms with Crippen LogP contribution >= 0.6 is 11.6 Å². The van der Waals surface area contributed by atoms with Crippen molar-refractivity contribution in [1.29, 1.82) is 0 Å². The summed E-state index contributed by atoms with van der Waals surface area (Å²) in [5.41, 5.74) is 10.4.